The number of aromatic nitrogens is 2. The van der Waals surface area contributed by atoms with Crippen molar-refractivity contribution in [3.8, 4) is 11.3 Å². The summed E-state index contributed by atoms with van der Waals surface area (Å²) in [7, 11) is 1.96. The molecule has 0 radical (unpaired) electrons. The van der Waals surface area contributed by atoms with Crippen LogP contribution in [0.15, 0.2) is 36.8 Å². The Labute approximate surface area is 76.8 Å². The van der Waals surface area contributed by atoms with Gasteiger partial charge in [-0.2, -0.15) is 0 Å². The lowest BCUT2D eigenvalue weighted by molar-refractivity contribution is 0.921. The molecule has 0 aliphatic rings. The highest BCUT2D eigenvalue weighted by Crippen LogP contribution is 2.19. The second kappa shape index (κ2) is 2.94. The van der Waals surface area contributed by atoms with Crippen LogP contribution in [0, 0.1) is 0 Å². The Kier molecular flexibility index (Phi) is 1.77. The minimum absolute atomic E-state index is 0.777. The smallest absolute Gasteiger partial charge is 0.0948 e. The van der Waals surface area contributed by atoms with Gasteiger partial charge in [0.2, 0.25) is 0 Å². The molecule has 1 heterocycles. The summed E-state index contributed by atoms with van der Waals surface area (Å²) in [5.41, 5.74) is 8.64. The van der Waals surface area contributed by atoms with Crippen LogP contribution in [0.4, 0.5) is 5.69 Å². The van der Waals surface area contributed by atoms with E-state index < -0.39 is 0 Å². The van der Waals surface area contributed by atoms with Crippen LogP contribution in [-0.4, -0.2) is 9.55 Å². The Morgan fingerprint density at radius 2 is 2.23 bits per heavy atom. The van der Waals surface area contributed by atoms with Gasteiger partial charge in [0, 0.05) is 18.3 Å². The Morgan fingerprint density at radius 1 is 1.38 bits per heavy atom. The standard InChI is InChI=1S/C10H11N3/c1-13-7-12-6-10(13)8-3-2-4-9(11)5-8/h2-7H,11H2,1H3. The van der Waals surface area contributed by atoms with Crippen LogP contribution in [0.1, 0.15) is 0 Å². The minimum atomic E-state index is 0.777. The maximum atomic E-state index is 5.69. The molecule has 66 valence electrons. The molecular formula is C10H11N3. The quantitative estimate of drug-likeness (QED) is 0.666. The van der Waals surface area contributed by atoms with E-state index in [4.69, 9.17) is 5.73 Å². The van der Waals surface area contributed by atoms with Crippen LogP contribution >= 0.6 is 0 Å². The molecule has 0 aliphatic carbocycles. The molecule has 3 nitrogen and oxygen atoms in total. The van der Waals surface area contributed by atoms with Gasteiger partial charge in [0.15, 0.2) is 0 Å². The molecule has 1 aromatic carbocycles. The van der Waals surface area contributed by atoms with Crippen molar-refractivity contribution in [2.75, 3.05) is 5.73 Å². The zero-order valence-corrected chi connectivity index (χ0v) is 7.44. The fourth-order valence-electron chi connectivity index (χ4n) is 1.33. The van der Waals surface area contributed by atoms with Crippen LogP contribution in [0.2, 0.25) is 0 Å². The monoisotopic (exact) mass is 173 g/mol. The second-order valence-corrected chi connectivity index (χ2v) is 3.02. The highest BCUT2D eigenvalue weighted by atomic mass is 15.0. The third-order valence-electron chi connectivity index (χ3n) is 2.00. The normalized spacial score (nSPS) is 10.2. The number of imidazole rings is 1. The predicted molar refractivity (Wildman–Crippen MR) is 53.1 cm³/mol. The largest absolute Gasteiger partial charge is 0.399 e. The Balaban J connectivity index is 2.53. The molecule has 1 aromatic heterocycles. The van der Waals surface area contributed by atoms with E-state index in [1.165, 1.54) is 0 Å². The molecule has 2 N–H and O–H groups in total. The SMILES string of the molecule is Cn1cncc1-c1cccc(N)c1. The van der Waals surface area contributed by atoms with E-state index in [2.05, 4.69) is 4.98 Å². The van der Waals surface area contributed by atoms with Crippen molar-refractivity contribution in [3.63, 3.8) is 0 Å². The Morgan fingerprint density at radius 3 is 2.85 bits per heavy atom. The molecule has 2 rings (SSSR count). The first-order chi connectivity index (χ1) is 6.27. The van der Waals surface area contributed by atoms with E-state index in [0.717, 1.165) is 16.9 Å². The van der Waals surface area contributed by atoms with Gasteiger partial charge >= 0.3 is 0 Å². The summed E-state index contributed by atoms with van der Waals surface area (Å²) in [6.45, 7) is 0. The van der Waals surface area contributed by atoms with E-state index in [9.17, 15) is 0 Å². The highest BCUT2D eigenvalue weighted by molar-refractivity contribution is 5.63. The van der Waals surface area contributed by atoms with E-state index in [-0.39, 0.29) is 0 Å². The van der Waals surface area contributed by atoms with E-state index >= 15 is 0 Å². The molecule has 0 atom stereocenters. The Bertz CT molecular complexity index is 418. The lowest BCUT2D eigenvalue weighted by atomic mass is 10.1. The van der Waals surface area contributed by atoms with Crippen LogP contribution in [-0.2, 0) is 7.05 Å². The maximum absolute atomic E-state index is 5.69. The number of hydrogen-bond donors (Lipinski definition) is 1. The number of aryl methyl sites for hydroxylation is 1. The molecule has 0 spiro atoms. The van der Waals surface area contributed by atoms with Gasteiger partial charge in [-0.25, -0.2) is 4.98 Å². The highest BCUT2D eigenvalue weighted by Gasteiger charge is 2.00. The van der Waals surface area contributed by atoms with Crippen molar-refractivity contribution in [2.45, 2.75) is 0 Å². The third-order valence-corrected chi connectivity index (χ3v) is 2.00. The molecular weight excluding hydrogens is 162 g/mol. The van der Waals surface area contributed by atoms with Gasteiger partial charge in [-0.3, -0.25) is 0 Å². The van der Waals surface area contributed by atoms with Crippen molar-refractivity contribution in [1.82, 2.24) is 9.55 Å². The zero-order valence-electron chi connectivity index (χ0n) is 7.44. The molecule has 2 aromatic rings. The third kappa shape index (κ3) is 1.40. The fraction of sp³-hybridized carbons (Fsp3) is 0.100. The van der Waals surface area contributed by atoms with Gasteiger partial charge in [0.25, 0.3) is 0 Å². The summed E-state index contributed by atoms with van der Waals surface area (Å²) in [6.07, 6.45) is 3.60. The number of nitrogens with two attached hydrogens (primary N) is 1. The van der Waals surface area contributed by atoms with Crippen molar-refractivity contribution in [1.29, 1.82) is 0 Å². The van der Waals surface area contributed by atoms with Gasteiger partial charge in [0.05, 0.1) is 18.2 Å². The zero-order chi connectivity index (χ0) is 9.26. The molecule has 0 aliphatic heterocycles. The van der Waals surface area contributed by atoms with Crippen molar-refractivity contribution in [3.05, 3.63) is 36.8 Å². The van der Waals surface area contributed by atoms with Crippen molar-refractivity contribution < 1.29 is 0 Å². The lowest BCUT2D eigenvalue weighted by Gasteiger charge is -2.02. The van der Waals surface area contributed by atoms with Crippen LogP contribution in [0.25, 0.3) is 11.3 Å². The van der Waals surface area contributed by atoms with Crippen LogP contribution in [0.3, 0.4) is 0 Å². The molecule has 0 amide bonds. The van der Waals surface area contributed by atoms with E-state index in [0.29, 0.717) is 0 Å². The summed E-state index contributed by atoms with van der Waals surface area (Å²) in [5.74, 6) is 0. The van der Waals surface area contributed by atoms with Crippen LogP contribution < -0.4 is 5.73 Å². The first-order valence-electron chi connectivity index (χ1n) is 4.09. The van der Waals surface area contributed by atoms with Crippen molar-refractivity contribution >= 4 is 5.69 Å². The van der Waals surface area contributed by atoms with Gasteiger partial charge in [-0.1, -0.05) is 12.1 Å². The molecule has 13 heavy (non-hydrogen) atoms. The van der Waals surface area contributed by atoms with Gasteiger partial charge in [-0.05, 0) is 12.1 Å². The molecule has 0 bridgehead atoms. The summed E-state index contributed by atoms with van der Waals surface area (Å²) in [5, 5.41) is 0. The summed E-state index contributed by atoms with van der Waals surface area (Å²) in [4.78, 5) is 4.05. The summed E-state index contributed by atoms with van der Waals surface area (Å²) in [6, 6.07) is 7.78. The second-order valence-electron chi connectivity index (χ2n) is 3.02. The first kappa shape index (κ1) is 7.86. The van der Waals surface area contributed by atoms with Crippen molar-refractivity contribution in [2.24, 2.45) is 7.05 Å². The molecule has 0 saturated carbocycles. The van der Waals surface area contributed by atoms with Crippen LogP contribution in [0.5, 0.6) is 0 Å². The van der Waals surface area contributed by atoms with E-state index in [1.807, 2.05) is 42.1 Å². The minimum Gasteiger partial charge on any atom is -0.399 e. The van der Waals surface area contributed by atoms with E-state index in [1.54, 1.807) is 6.33 Å². The number of rotatable bonds is 1. The number of hydrogen-bond acceptors (Lipinski definition) is 2. The average molecular weight is 173 g/mol. The summed E-state index contributed by atoms with van der Waals surface area (Å²) < 4.78 is 1.97. The molecule has 0 saturated heterocycles. The van der Waals surface area contributed by atoms with Gasteiger partial charge in [-0.15, -0.1) is 0 Å². The topological polar surface area (TPSA) is 43.8 Å². The lowest BCUT2D eigenvalue weighted by Crippen LogP contribution is -1.90. The summed E-state index contributed by atoms with van der Waals surface area (Å²) >= 11 is 0. The molecule has 0 unspecified atom stereocenters. The molecule has 0 fully saturated rings. The number of nitrogen functional groups attached to an aromatic ring is 1. The number of benzene rings is 1. The maximum Gasteiger partial charge on any atom is 0.0948 e. The fourth-order valence-corrected chi connectivity index (χ4v) is 1.33. The first-order valence-corrected chi connectivity index (χ1v) is 4.09. The van der Waals surface area contributed by atoms with Gasteiger partial charge in [0.1, 0.15) is 0 Å². The Hall–Kier alpha value is -1.77. The molecule has 3 heteroatoms. The predicted octanol–water partition coefficient (Wildman–Crippen LogP) is 1.67. The number of nitrogens with zero attached hydrogens (tertiary/aromatic N) is 2. The van der Waals surface area contributed by atoms with Gasteiger partial charge < -0.3 is 10.3 Å². The average Bonchev–Trinajstić information content (AvgIpc) is 2.51. The number of anilines is 1.